The van der Waals surface area contributed by atoms with Crippen LogP contribution in [0.3, 0.4) is 0 Å². The van der Waals surface area contributed by atoms with Crippen LogP contribution in [0, 0.1) is 0 Å². The molecule has 13 heavy (non-hydrogen) atoms. The maximum absolute atomic E-state index is 11.5. The average Bonchev–Trinajstić information content (AvgIpc) is 2.61. The van der Waals surface area contributed by atoms with Gasteiger partial charge in [0.1, 0.15) is 0 Å². The van der Waals surface area contributed by atoms with Crippen LogP contribution in [-0.2, 0) is 0 Å². The summed E-state index contributed by atoms with van der Waals surface area (Å²) in [5, 5.41) is 2.06. The zero-order valence-electron chi connectivity index (χ0n) is 7.07. The van der Waals surface area contributed by atoms with Gasteiger partial charge >= 0.3 is 0 Å². The van der Waals surface area contributed by atoms with Gasteiger partial charge in [0.2, 0.25) is 0 Å². The Labute approximate surface area is 88.8 Å². The van der Waals surface area contributed by atoms with E-state index in [1.165, 1.54) is 9.40 Å². The fourth-order valence-electron chi connectivity index (χ4n) is 1.11. The molecule has 0 saturated heterocycles. The first-order valence-corrected chi connectivity index (χ1v) is 6.89. The number of carbonyl (C=O) groups is 1. The summed E-state index contributed by atoms with van der Waals surface area (Å²) in [7, 11) is 0. The quantitative estimate of drug-likeness (QED) is 0.748. The lowest BCUT2D eigenvalue weighted by atomic mass is 10.3. The summed E-state index contributed by atoms with van der Waals surface area (Å²) in [6, 6.07) is 4.07. The summed E-state index contributed by atoms with van der Waals surface area (Å²) >= 11 is 4.87. The number of carbonyl (C=O) groups excluding carboxylic acids is 1. The fraction of sp³-hybridized carbons (Fsp3) is 0.222. The molecule has 0 radical (unpaired) electrons. The molecule has 2 aromatic heterocycles. The van der Waals surface area contributed by atoms with Gasteiger partial charge in [-0.15, -0.1) is 22.7 Å². The van der Waals surface area contributed by atoms with E-state index in [0.717, 1.165) is 4.88 Å². The molecule has 1 nitrogen and oxygen atoms in total. The zero-order valence-corrected chi connectivity index (χ0v) is 9.52. The van der Waals surface area contributed by atoms with Crippen molar-refractivity contribution >= 4 is 49.6 Å². The van der Waals surface area contributed by atoms with Gasteiger partial charge in [-0.2, -0.15) is 11.8 Å². The molecule has 2 rings (SSSR count). The fourth-order valence-corrected chi connectivity index (χ4v) is 3.66. The number of thiophene rings is 2. The van der Waals surface area contributed by atoms with Crippen LogP contribution in [0.25, 0.3) is 9.40 Å². The number of Topliss-reactive ketones (excluding diaryl/α,β-unsaturated/α-hetero) is 1. The molecule has 0 saturated carbocycles. The van der Waals surface area contributed by atoms with E-state index in [1.54, 1.807) is 34.4 Å². The number of hydrogen-bond donors (Lipinski definition) is 0. The molecule has 68 valence electrons. The minimum atomic E-state index is 0.251. The van der Waals surface area contributed by atoms with Crippen molar-refractivity contribution in [1.82, 2.24) is 0 Å². The van der Waals surface area contributed by atoms with Gasteiger partial charge in [0, 0.05) is 9.40 Å². The SMILES string of the molecule is CSCC(=O)c1cc2sccc2s1. The summed E-state index contributed by atoms with van der Waals surface area (Å²) < 4.78 is 2.46. The Bertz CT molecular complexity index is 398. The predicted octanol–water partition coefficient (Wildman–Crippen LogP) is 3.51. The van der Waals surface area contributed by atoms with Gasteiger partial charge in [0.15, 0.2) is 5.78 Å². The molecule has 2 heterocycles. The van der Waals surface area contributed by atoms with E-state index in [2.05, 4.69) is 11.4 Å². The predicted molar refractivity (Wildman–Crippen MR) is 62.4 cm³/mol. The molecule has 2 aromatic rings. The van der Waals surface area contributed by atoms with E-state index >= 15 is 0 Å². The lowest BCUT2D eigenvalue weighted by molar-refractivity contribution is 0.102. The maximum atomic E-state index is 11.5. The van der Waals surface area contributed by atoms with Gasteiger partial charge in [-0.25, -0.2) is 0 Å². The van der Waals surface area contributed by atoms with Crippen molar-refractivity contribution in [2.75, 3.05) is 12.0 Å². The molecular weight excluding hydrogens is 220 g/mol. The van der Waals surface area contributed by atoms with Crippen molar-refractivity contribution in [2.45, 2.75) is 0 Å². The molecule has 0 amide bonds. The Kier molecular flexibility index (Phi) is 2.71. The van der Waals surface area contributed by atoms with Gasteiger partial charge in [-0.3, -0.25) is 4.79 Å². The Morgan fingerprint density at radius 3 is 3.08 bits per heavy atom. The van der Waals surface area contributed by atoms with Crippen LogP contribution in [0.15, 0.2) is 17.5 Å². The van der Waals surface area contributed by atoms with Crippen LogP contribution in [-0.4, -0.2) is 17.8 Å². The number of hydrogen-bond acceptors (Lipinski definition) is 4. The lowest BCUT2D eigenvalue weighted by Gasteiger charge is -1.91. The minimum absolute atomic E-state index is 0.251. The Hall–Kier alpha value is -0.320. The smallest absolute Gasteiger partial charge is 0.182 e. The second kappa shape index (κ2) is 3.82. The van der Waals surface area contributed by atoms with Gasteiger partial charge in [0.05, 0.1) is 10.6 Å². The normalized spacial score (nSPS) is 10.8. The molecule has 0 N–H and O–H groups in total. The van der Waals surface area contributed by atoms with Crippen LogP contribution < -0.4 is 0 Å². The van der Waals surface area contributed by atoms with Crippen LogP contribution >= 0.6 is 34.4 Å². The van der Waals surface area contributed by atoms with E-state index in [1.807, 2.05) is 12.3 Å². The summed E-state index contributed by atoms with van der Waals surface area (Å²) in [5.41, 5.74) is 0. The third-order valence-corrected chi connectivity index (χ3v) is 4.37. The Balaban J connectivity index is 2.34. The summed E-state index contributed by atoms with van der Waals surface area (Å²) in [4.78, 5) is 12.4. The Morgan fingerprint density at radius 2 is 2.38 bits per heavy atom. The second-order valence-corrected chi connectivity index (χ2v) is 5.51. The van der Waals surface area contributed by atoms with Crippen molar-refractivity contribution in [3.63, 3.8) is 0 Å². The number of ketones is 1. The van der Waals surface area contributed by atoms with Crippen LogP contribution in [0.2, 0.25) is 0 Å². The van der Waals surface area contributed by atoms with E-state index in [9.17, 15) is 4.79 Å². The van der Waals surface area contributed by atoms with E-state index in [0.29, 0.717) is 5.75 Å². The number of thioether (sulfide) groups is 1. The number of fused-ring (bicyclic) bond motifs is 1. The molecule has 0 aromatic carbocycles. The largest absolute Gasteiger partial charge is 0.292 e. The standard InChI is InChI=1S/C9H8OS3/c1-11-5-6(10)8-4-9-7(13-8)2-3-12-9/h2-4H,5H2,1H3. The highest BCUT2D eigenvalue weighted by molar-refractivity contribution is 7.99. The molecule has 0 aliphatic rings. The third kappa shape index (κ3) is 1.80. The van der Waals surface area contributed by atoms with Gasteiger partial charge in [-0.1, -0.05) is 0 Å². The van der Waals surface area contributed by atoms with Crippen molar-refractivity contribution in [2.24, 2.45) is 0 Å². The van der Waals surface area contributed by atoms with Crippen LogP contribution in [0.4, 0.5) is 0 Å². The molecular formula is C9H8OS3. The zero-order chi connectivity index (χ0) is 9.26. The van der Waals surface area contributed by atoms with Gasteiger partial charge in [-0.05, 0) is 23.8 Å². The molecule has 0 aliphatic heterocycles. The van der Waals surface area contributed by atoms with Crippen LogP contribution in [0.5, 0.6) is 0 Å². The van der Waals surface area contributed by atoms with Crippen molar-refractivity contribution < 1.29 is 4.79 Å². The Morgan fingerprint density at radius 1 is 1.54 bits per heavy atom. The molecule has 4 heteroatoms. The first-order valence-electron chi connectivity index (χ1n) is 3.80. The van der Waals surface area contributed by atoms with Crippen molar-refractivity contribution in [3.8, 4) is 0 Å². The lowest BCUT2D eigenvalue weighted by Crippen LogP contribution is -1.97. The summed E-state index contributed by atoms with van der Waals surface area (Å²) in [5.74, 6) is 0.842. The first-order chi connectivity index (χ1) is 6.31. The van der Waals surface area contributed by atoms with E-state index < -0.39 is 0 Å². The second-order valence-electron chi connectivity index (χ2n) is 2.62. The molecule has 0 unspecified atom stereocenters. The highest BCUT2D eigenvalue weighted by atomic mass is 32.2. The monoisotopic (exact) mass is 228 g/mol. The van der Waals surface area contributed by atoms with Crippen molar-refractivity contribution in [1.29, 1.82) is 0 Å². The summed E-state index contributed by atoms with van der Waals surface area (Å²) in [6.45, 7) is 0. The topological polar surface area (TPSA) is 17.1 Å². The summed E-state index contributed by atoms with van der Waals surface area (Å²) in [6.07, 6.45) is 1.95. The van der Waals surface area contributed by atoms with E-state index in [-0.39, 0.29) is 5.78 Å². The molecule has 0 aliphatic carbocycles. The van der Waals surface area contributed by atoms with Gasteiger partial charge < -0.3 is 0 Å². The van der Waals surface area contributed by atoms with Gasteiger partial charge in [0.25, 0.3) is 0 Å². The molecule has 0 fully saturated rings. The highest BCUT2D eigenvalue weighted by Gasteiger charge is 2.09. The minimum Gasteiger partial charge on any atom is -0.292 e. The van der Waals surface area contributed by atoms with Crippen molar-refractivity contribution in [3.05, 3.63) is 22.4 Å². The third-order valence-electron chi connectivity index (χ3n) is 1.69. The van der Waals surface area contributed by atoms with Crippen LogP contribution in [0.1, 0.15) is 9.67 Å². The highest BCUT2D eigenvalue weighted by Crippen LogP contribution is 2.30. The van der Waals surface area contributed by atoms with E-state index in [4.69, 9.17) is 0 Å². The molecule has 0 bridgehead atoms. The average molecular weight is 228 g/mol. The molecule has 0 spiro atoms. The first kappa shape index (κ1) is 9.24. The maximum Gasteiger partial charge on any atom is 0.182 e. The molecule has 0 atom stereocenters. The number of rotatable bonds is 3.